The Balaban J connectivity index is 1.57. The van der Waals surface area contributed by atoms with E-state index in [2.05, 4.69) is 15.6 Å². The summed E-state index contributed by atoms with van der Waals surface area (Å²) in [6, 6.07) is -1.72. The van der Waals surface area contributed by atoms with Gasteiger partial charge < -0.3 is 61.5 Å². The van der Waals surface area contributed by atoms with Crippen molar-refractivity contribution in [3.8, 4) is 0 Å². The Kier molecular flexibility index (Phi) is 9.37. The number of nitrogens with one attached hydrogen (secondary N) is 2. The Labute approximate surface area is 224 Å². The largest absolute Gasteiger partial charge is 0.388 e. The van der Waals surface area contributed by atoms with Gasteiger partial charge in [0.15, 0.2) is 12.6 Å². The number of hydrogen-bond acceptors (Lipinski definition) is 12. The molecule has 4 fully saturated rings. The van der Waals surface area contributed by atoms with Crippen molar-refractivity contribution < 1.29 is 39.4 Å². The molecule has 1 aliphatic carbocycles. The molecular formula is C25H47N5O8. The van der Waals surface area contributed by atoms with Crippen LogP contribution >= 0.6 is 0 Å². The lowest BCUT2D eigenvalue weighted by molar-refractivity contribution is -0.309. The second-order valence-corrected chi connectivity index (χ2v) is 11.7. The lowest BCUT2D eigenvalue weighted by Crippen LogP contribution is -2.68. The lowest BCUT2D eigenvalue weighted by Gasteiger charge is -2.48. The molecule has 38 heavy (non-hydrogen) atoms. The molecule has 6 unspecified atom stereocenters. The average Bonchev–Trinajstić information content (AvgIpc) is 2.84. The van der Waals surface area contributed by atoms with Gasteiger partial charge >= 0.3 is 0 Å². The lowest BCUT2D eigenvalue weighted by atomic mass is 9.80. The van der Waals surface area contributed by atoms with Gasteiger partial charge in [-0.1, -0.05) is 13.8 Å². The highest BCUT2D eigenvalue weighted by Crippen LogP contribution is 2.36. The maximum atomic E-state index is 11.6. The highest BCUT2D eigenvalue weighted by Gasteiger charge is 2.52. The molecule has 4 aliphatic rings. The minimum atomic E-state index is -1.33. The van der Waals surface area contributed by atoms with Gasteiger partial charge in [-0.2, -0.15) is 0 Å². The van der Waals surface area contributed by atoms with Crippen molar-refractivity contribution in [3.63, 3.8) is 0 Å². The molecule has 0 radical (unpaired) electrons. The highest BCUT2D eigenvalue weighted by atomic mass is 16.7. The zero-order valence-corrected chi connectivity index (χ0v) is 22.8. The van der Waals surface area contributed by atoms with Gasteiger partial charge in [-0.3, -0.25) is 4.99 Å². The molecule has 0 aromatic rings. The molecular weight excluding hydrogens is 498 g/mol. The fourth-order valence-corrected chi connectivity index (χ4v) is 5.94. The number of nitrogens with two attached hydrogens (primary N) is 2. The summed E-state index contributed by atoms with van der Waals surface area (Å²) in [5.74, 6) is -0.125. The molecule has 10 N–H and O–H groups in total. The van der Waals surface area contributed by atoms with Crippen molar-refractivity contribution in [1.29, 1.82) is 0 Å². The first-order valence-corrected chi connectivity index (χ1v) is 13.8. The van der Waals surface area contributed by atoms with Gasteiger partial charge in [0.25, 0.3) is 0 Å². The van der Waals surface area contributed by atoms with Crippen LogP contribution in [-0.2, 0) is 18.9 Å². The number of likely N-dealkylation sites (N-methyl/N-ethyl adjacent to an activating group) is 1. The Morgan fingerprint density at radius 1 is 1.13 bits per heavy atom. The Morgan fingerprint density at radius 2 is 1.82 bits per heavy atom. The van der Waals surface area contributed by atoms with Crippen LogP contribution < -0.4 is 22.1 Å². The van der Waals surface area contributed by atoms with Gasteiger partial charge in [0.1, 0.15) is 35.3 Å². The van der Waals surface area contributed by atoms with Crippen LogP contribution in [0.15, 0.2) is 4.99 Å². The number of rotatable bonds is 8. The third-order valence-corrected chi connectivity index (χ3v) is 8.52. The first-order chi connectivity index (χ1) is 17.9. The number of amidine groups is 1. The van der Waals surface area contributed by atoms with Crippen molar-refractivity contribution in [3.05, 3.63) is 0 Å². The normalized spacial score (nSPS) is 47.9. The summed E-state index contributed by atoms with van der Waals surface area (Å²) in [6.07, 6.45) is -3.06. The van der Waals surface area contributed by atoms with Crippen molar-refractivity contribution in [2.45, 2.75) is 119 Å². The van der Waals surface area contributed by atoms with E-state index in [1.54, 1.807) is 14.0 Å². The highest BCUT2D eigenvalue weighted by molar-refractivity contribution is 5.90. The summed E-state index contributed by atoms with van der Waals surface area (Å²) < 4.78 is 24.3. The molecule has 1 saturated carbocycles. The van der Waals surface area contributed by atoms with E-state index in [1.807, 2.05) is 13.8 Å². The van der Waals surface area contributed by atoms with Gasteiger partial charge in [0.2, 0.25) is 0 Å². The Morgan fingerprint density at radius 3 is 2.42 bits per heavy atom. The van der Waals surface area contributed by atoms with E-state index >= 15 is 0 Å². The van der Waals surface area contributed by atoms with E-state index in [-0.39, 0.29) is 43.6 Å². The van der Waals surface area contributed by atoms with Gasteiger partial charge in [-0.25, -0.2) is 0 Å². The summed E-state index contributed by atoms with van der Waals surface area (Å²) in [7, 11) is 1.63. The van der Waals surface area contributed by atoms with Crippen LogP contribution in [0.1, 0.15) is 46.5 Å². The van der Waals surface area contributed by atoms with E-state index < -0.39 is 60.3 Å². The molecule has 3 saturated heterocycles. The van der Waals surface area contributed by atoms with E-state index in [9.17, 15) is 20.4 Å². The van der Waals surface area contributed by atoms with Crippen LogP contribution in [0, 0.1) is 5.92 Å². The Hall–Kier alpha value is -0.970. The van der Waals surface area contributed by atoms with Crippen LogP contribution in [0.3, 0.4) is 0 Å². The maximum Gasteiger partial charge on any atom is 0.185 e. The monoisotopic (exact) mass is 545 g/mol. The predicted octanol–water partition coefficient (Wildman–Crippen LogP) is -2.48. The fourth-order valence-electron chi connectivity index (χ4n) is 5.94. The minimum absolute atomic E-state index is 0.0360. The third kappa shape index (κ3) is 6.03. The quantitative estimate of drug-likeness (QED) is 0.118. The van der Waals surface area contributed by atoms with Gasteiger partial charge in [-0.05, 0) is 45.6 Å². The average molecular weight is 546 g/mol. The molecule has 12 atom stereocenters. The zero-order chi connectivity index (χ0) is 27.8. The molecule has 3 aliphatic heterocycles. The topological polar surface area (TPSA) is 206 Å². The van der Waals surface area contributed by atoms with Gasteiger partial charge in [0.05, 0.1) is 36.9 Å². The van der Waals surface area contributed by atoms with Crippen molar-refractivity contribution in [1.82, 2.24) is 10.6 Å². The van der Waals surface area contributed by atoms with Gasteiger partial charge in [-0.15, -0.1) is 0 Å². The number of aliphatic hydroxyl groups excluding tert-OH is 2. The smallest absolute Gasteiger partial charge is 0.185 e. The first-order valence-electron chi connectivity index (χ1n) is 13.8. The molecule has 0 amide bonds. The van der Waals surface area contributed by atoms with E-state index in [0.717, 1.165) is 19.3 Å². The second-order valence-electron chi connectivity index (χ2n) is 11.7. The molecule has 3 heterocycles. The molecule has 13 heteroatoms. The molecule has 0 aromatic heterocycles. The molecule has 0 aromatic carbocycles. The number of nitrogens with zero attached hydrogens (tertiary/aromatic N) is 1. The van der Waals surface area contributed by atoms with Crippen LogP contribution in [0.2, 0.25) is 0 Å². The number of aliphatic imine (C=N–C) groups is 1. The number of β-amino-alcohol motifs (C(OH)–C–C–N with tert-alkyl or cyclic N) is 1. The molecule has 0 spiro atoms. The van der Waals surface area contributed by atoms with Crippen molar-refractivity contribution in [2.75, 3.05) is 26.7 Å². The van der Waals surface area contributed by atoms with Crippen LogP contribution in [0.25, 0.3) is 0 Å². The predicted molar refractivity (Wildman–Crippen MR) is 138 cm³/mol. The fraction of sp³-hybridized carbons (Fsp3) is 0.960. The van der Waals surface area contributed by atoms with E-state index in [1.165, 1.54) is 0 Å². The molecule has 13 nitrogen and oxygen atoms in total. The third-order valence-electron chi connectivity index (χ3n) is 8.52. The summed E-state index contributed by atoms with van der Waals surface area (Å²) in [5, 5.41) is 49.8. The number of aliphatic hydroxyl groups is 4. The summed E-state index contributed by atoms with van der Waals surface area (Å²) in [4.78, 5) is 4.60. The van der Waals surface area contributed by atoms with E-state index in [4.69, 9.17) is 30.4 Å². The van der Waals surface area contributed by atoms with Gasteiger partial charge in [0, 0.05) is 13.1 Å². The minimum Gasteiger partial charge on any atom is -0.388 e. The first kappa shape index (κ1) is 30.0. The van der Waals surface area contributed by atoms with Crippen molar-refractivity contribution >= 4 is 5.84 Å². The van der Waals surface area contributed by atoms with Crippen LogP contribution in [-0.4, -0.2) is 125 Å². The molecule has 4 rings (SSSR count). The van der Waals surface area contributed by atoms with E-state index in [0.29, 0.717) is 6.42 Å². The number of ether oxygens (including phenoxy) is 4. The molecule has 220 valence electrons. The van der Waals surface area contributed by atoms with Crippen LogP contribution in [0.4, 0.5) is 0 Å². The number of hydrogen-bond donors (Lipinski definition) is 8. The zero-order valence-electron chi connectivity index (χ0n) is 22.8. The standard InChI is InChI=1S/C25H47N5O8/c1-5-13-6-7-14(26)21(36-13)37-18-12(2)8-15(30-23(27)25(34)9-29-10-25)19(16(18)31)38-22-17(32)20(28-4)24(3,33)11-35-22/h12-22,28-29,31-34H,5-11,26H2,1-4H3,(H2,27,30)/t12-,13+,14?,15+,16?,17?,18?,19?,20+,21+,22+,24?/m0/s1. The molecule has 0 bridgehead atoms. The maximum absolute atomic E-state index is 11.6. The van der Waals surface area contributed by atoms with Crippen LogP contribution in [0.5, 0.6) is 0 Å². The summed E-state index contributed by atoms with van der Waals surface area (Å²) >= 11 is 0. The summed E-state index contributed by atoms with van der Waals surface area (Å²) in [6.45, 7) is 6.02. The SMILES string of the molecule is CC[C@@H]1CCC(N)[C@@H](OC2C(O)C(O[C@H]3OCC(C)(O)[C@H](NC)C3O)[C@H](N=C(N)C3(O)CNC3)C[C@@H]2C)O1. The van der Waals surface area contributed by atoms with Crippen molar-refractivity contribution in [2.24, 2.45) is 22.4 Å². The summed E-state index contributed by atoms with van der Waals surface area (Å²) in [5.41, 5.74) is 9.92. The Bertz CT molecular complexity index is 830. The second kappa shape index (κ2) is 11.9.